The van der Waals surface area contributed by atoms with Crippen molar-refractivity contribution in [2.75, 3.05) is 6.61 Å². The highest BCUT2D eigenvalue weighted by Gasteiger charge is 2.24. The molecule has 0 aliphatic rings. The number of amides is 2. The molecule has 2 rings (SSSR count). The quantitative estimate of drug-likeness (QED) is 0.730. The lowest BCUT2D eigenvalue weighted by molar-refractivity contribution is 0.199. The van der Waals surface area contributed by atoms with E-state index in [1.807, 2.05) is 57.3 Å². The first-order valence-electron chi connectivity index (χ1n) is 8.27. The molecule has 0 saturated carbocycles. The number of hydrogen-bond donors (Lipinski definition) is 3. The van der Waals surface area contributed by atoms with Crippen LogP contribution in [0.15, 0.2) is 42.7 Å². The van der Waals surface area contributed by atoms with Crippen LogP contribution in [0.25, 0.3) is 5.69 Å². The first-order valence-corrected chi connectivity index (χ1v) is 8.27. The molecule has 0 aliphatic heterocycles. The van der Waals surface area contributed by atoms with Crippen molar-refractivity contribution < 1.29 is 9.90 Å². The zero-order valence-electron chi connectivity index (χ0n) is 14.5. The van der Waals surface area contributed by atoms with Gasteiger partial charge < -0.3 is 15.7 Å². The van der Waals surface area contributed by atoms with E-state index in [9.17, 15) is 4.79 Å². The van der Waals surface area contributed by atoms with Gasteiger partial charge in [-0.15, -0.1) is 0 Å². The van der Waals surface area contributed by atoms with Crippen molar-refractivity contribution in [3.63, 3.8) is 0 Å². The number of nitrogens with one attached hydrogen (secondary N) is 2. The van der Waals surface area contributed by atoms with Crippen molar-refractivity contribution in [1.82, 2.24) is 20.4 Å². The third-order valence-corrected chi connectivity index (χ3v) is 4.35. The van der Waals surface area contributed by atoms with Gasteiger partial charge >= 0.3 is 6.03 Å². The number of carbonyl (C=O) groups is 1. The standard InChI is InChI=1S/C18H26N4O2/c1-4-18(3,9-12-23)21-17(24)20-14(2)15-7-5-8-16(13-15)22-11-6-10-19-22/h5-8,10-11,13-14,23H,4,9,12H2,1-3H3,(H2,20,21,24). The molecular formula is C18H26N4O2. The molecule has 2 amide bonds. The number of carbonyl (C=O) groups excluding carboxylic acids is 1. The summed E-state index contributed by atoms with van der Waals surface area (Å²) in [6.07, 6.45) is 4.89. The molecule has 0 spiro atoms. The van der Waals surface area contributed by atoms with E-state index in [1.54, 1.807) is 10.9 Å². The van der Waals surface area contributed by atoms with E-state index in [-0.39, 0.29) is 18.7 Å². The number of aliphatic hydroxyl groups excluding tert-OH is 1. The Labute approximate surface area is 142 Å². The van der Waals surface area contributed by atoms with Crippen LogP contribution in [0.4, 0.5) is 4.79 Å². The summed E-state index contributed by atoms with van der Waals surface area (Å²) < 4.78 is 1.78. The van der Waals surface area contributed by atoms with Crippen molar-refractivity contribution in [3.8, 4) is 5.69 Å². The number of aliphatic hydroxyl groups is 1. The molecule has 3 N–H and O–H groups in total. The summed E-state index contributed by atoms with van der Waals surface area (Å²) in [6, 6.07) is 9.40. The molecule has 6 heteroatoms. The Balaban J connectivity index is 2.03. The number of hydrogen-bond acceptors (Lipinski definition) is 3. The highest BCUT2D eigenvalue weighted by atomic mass is 16.3. The second-order valence-corrected chi connectivity index (χ2v) is 6.25. The Morgan fingerprint density at radius 1 is 1.42 bits per heavy atom. The van der Waals surface area contributed by atoms with Gasteiger partial charge in [0.1, 0.15) is 0 Å². The summed E-state index contributed by atoms with van der Waals surface area (Å²) >= 11 is 0. The summed E-state index contributed by atoms with van der Waals surface area (Å²) in [4.78, 5) is 12.3. The molecule has 0 aliphatic carbocycles. The maximum atomic E-state index is 12.3. The number of benzene rings is 1. The molecule has 2 atom stereocenters. The maximum absolute atomic E-state index is 12.3. The van der Waals surface area contributed by atoms with Crippen molar-refractivity contribution in [2.45, 2.75) is 45.2 Å². The second kappa shape index (κ2) is 7.97. The van der Waals surface area contributed by atoms with E-state index in [1.165, 1.54) is 0 Å². The second-order valence-electron chi connectivity index (χ2n) is 6.25. The van der Waals surface area contributed by atoms with Crippen molar-refractivity contribution in [1.29, 1.82) is 0 Å². The molecular weight excluding hydrogens is 304 g/mol. The molecule has 0 radical (unpaired) electrons. The Kier molecular flexibility index (Phi) is 5.98. The Hall–Kier alpha value is -2.34. The first kappa shape index (κ1) is 18.0. The fourth-order valence-corrected chi connectivity index (χ4v) is 2.52. The molecule has 2 aromatic rings. The molecule has 6 nitrogen and oxygen atoms in total. The van der Waals surface area contributed by atoms with Crippen molar-refractivity contribution in [2.24, 2.45) is 0 Å². The third-order valence-electron chi connectivity index (χ3n) is 4.35. The molecule has 1 aromatic heterocycles. The summed E-state index contributed by atoms with van der Waals surface area (Å²) in [5.74, 6) is 0. The fourth-order valence-electron chi connectivity index (χ4n) is 2.52. The maximum Gasteiger partial charge on any atom is 0.315 e. The molecule has 1 heterocycles. The van der Waals surface area contributed by atoms with Gasteiger partial charge in [0.25, 0.3) is 0 Å². The van der Waals surface area contributed by atoms with Gasteiger partial charge in [-0.2, -0.15) is 5.10 Å². The molecule has 24 heavy (non-hydrogen) atoms. The number of rotatable bonds is 7. The number of aromatic nitrogens is 2. The largest absolute Gasteiger partial charge is 0.396 e. The van der Waals surface area contributed by atoms with Crippen LogP contribution in [-0.4, -0.2) is 33.1 Å². The van der Waals surface area contributed by atoms with E-state index in [0.29, 0.717) is 6.42 Å². The van der Waals surface area contributed by atoms with Gasteiger partial charge in [0, 0.05) is 24.5 Å². The van der Waals surface area contributed by atoms with Gasteiger partial charge in [0.2, 0.25) is 0 Å². The lowest BCUT2D eigenvalue weighted by Gasteiger charge is -2.30. The number of nitrogens with zero attached hydrogens (tertiary/aromatic N) is 2. The van der Waals surface area contributed by atoms with E-state index in [2.05, 4.69) is 15.7 Å². The smallest absolute Gasteiger partial charge is 0.315 e. The normalized spacial score (nSPS) is 14.7. The zero-order valence-corrected chi connectivity index (χ0v) is 14.5. The van der Waals surface area contributed by atoms with Gasteiger partial charge in [-0.25, -0.2) is 9.48 Å². The number of urea groups is 1. The van der Waals surface area contributed by atoms with Crippen LogP contribution in [0.3, 0.4) is 0 Å². The monoisotopic (exact) mass is 330 g/mol. The van der Waals surface area contributed by atoms with Gasteiger partial charge in [-0.3, -0.25) is 0 Å². The Bertz CT molecular complexity index is 657. The molecule has 1 aromatic carbocycles. The van der Waals surface area contributed by atoms with Crippen LogP contribution in [0.2, 0.25) is 0 Å². The fraction of sp³-hybridized carbons (Fsp3) is 0.444. The highest BCUT2D eigenvalue weighted by Crippen LogP contribution is 2.17. The first-order chi connectivity index (χ1) is 11.5. The zero-order chi connectivity index (χ0) is 17.6. The lowest BCUT2D eigenvalue weighted by Crippen LogP contribution is -2.50. The van der Waals surface area contributed by atoms with E-state index in [0.717, 1.165) is 17.7 Å². The third kappa shape index (κ3) is 4.58. The van der Waals surface area contributed by atoms with Crippen LogP contribution in [0, 0.1) is 0 Å². The molecule has 0 saturated heterocycles. The molecule has 2 unspecified atom stereocenters. The van der Waals surface area contributed by atoms with Crippen molar-refractivity contribution in [3.05, 3.63) is 48.3 Å². The van der Waals surface area contributed by atoms with Crippen LogP contribution >= 0.6 is 0 Å². The predicted octanol–water partition coefficient (Wildman–Crippen LogP) is 2.78. The van der Waals surface area contributed by atoms with Gasteiger partial charge in [0.05, 0.1) is 11.7 Å². The Morgan fingerprint density at radius 2 is 2.21 bits per heavy atom. The summed E-state index contributed by atoms with van der Waals surface area (Å²) in [5.41, 5.74) is 1.54. The summed E-state index contributed by atoms with van der Waals surface area (Å²) in [6.45, 7) is 5.92. The lowest BCUT2D eigenvalue weighted by atomic mass is 9.95. The topological polar surface area (TPSA) is 79.2 Å². The van der Waals surface area contributed by atoms with Gasteiger partial charge in [0.15, 0.2) is 0 Å². The highest BCUT2D eigenvalue weighted by molar-refractivity contribution is 5.75. The van der Waals surface area contributed by atoms with Crippen LogP contribution in [-0.2, 0) is 0 Å². The minimum absolute atomic E-state index is 0.0477. The summed E-state index contributed by atoms with van der Waals surface area (Å²) in [7, 11) is 0. The van der Waals surface area contributed by atoms with Gasteiger partial charge in [-0.1, -0.05) is 19.1 Å². The minimum Gasteiger partial charge on any atom is -0.396 e. The van der Waals surface area contributed by atoms with Crippen LogP contribution in [0.1, 0.15) is 45.2 Å². The van der Waals surface area contributed by atoms with E-state index in [4.69, 9.17) is 5.11 Å². The molecule has 0 fully saturated rings. The van der Waals surface area contributed by atoms with Crippen LogP contribution in [0.5, 0.6) is 0 Å². The predicted molar refractivity (Wildman–Crippen MR) is 94.0 cm³/mol. The van der Waals surface area contributed by atoms with Crippen molar-refractivity contribution >= 4 is 6.03 Å². The average Bonchev–Trinajstić information content (AvgIpc) is 3.09. The molecule has 0 bridgehead atoms. The molecule has 130 valence electrons. The average molecular weight is 330 g/mol. The van der Waals surface area contributed by atoms with Gasteiger partial charge in [-0.05, 0) is 50.5 Å². The SMILES string of the molecule is CCC(C)(CCO)NC(=O)NC(C)c1cccc(-n2cccn2)c1. The van der Waals surface area contributed by atoms with Crippen LogP contribution < -0.4 is 10.6 Å². The summed E-state index contributed by atoms with van der Waals surface area (Å²) in [5, 5.41) is 19.3. The van der Waals surface area contributed by atoms with E-state index >= 15 is 0 Å². The minimum atomic E-state index is -0.407. The Morgan fingerprint density at radius 3 is 2.83 bits per heavy atom. The van der Waals surface area contributed by atoms with E-state index < -0.39 is 5.54 Å².